The molecule has 0 saturated carbocycles. The first-order valence-electron chi connectivity index (χ1n) is 15.0. The van der Waals surface area contributed by atoms with Crippen LogP contribution >= 0.6 is 22.7 Å². The van der Waals surface area contributed by atoms with Crippen molar-refractivity contribution >= 4 is 57.5 Å². The minimum absolute atomic E-state index is 0. The number of nitrogens with zero attached hydrogens (tertiary/aromatic N) is 2. The molecule has 0 fully saturated rings. The van der Waals surface area contributed by atoms with Crippen LogP contribution in [0.15, 0.2) is 76.9 Å². The van der Waals surface area contributed by atoms with Crippen molar-refractivity contribution in [2.45, 2.75) is 45.3 Å². The topological polar surface area (TPSA) is 142 Å². The summed E-state index contributed by atoms with van der Waals surface area (Å²) >= 11 is 2.93. The quantitative estimate of drug-likeness (QED) is 0.0898. The zero-order chi connectivity index (χ0) is 34.2. The maximum Gasteiger partial charge on any atom is 0.251 e. The summed E-state index contributed by atoms with van der Waals surface area (Å²) in [5.41, 5.74) is 3.42. The van der Waals surface area contributed by atoms with Gasteiger partial charge in [-0.25, -0.2) is 4.98 Å². The largest absolute Gasteiger partial charge is 0.364 e. The molecule has 258 valence electrons. The summed E-state index contributed by atoms with van der Waals surface area (Å²) in [6.45, 7) is 5.75. The SMILES string of the molecule is CC=O.COCN(C)c1cc(C(=O)N[C@H](CN[C@@H](C)C(=O)Nc2nccs2)Cc2ccsc2)cc(C(=O)N[C@H](C)c2ccccc2)c1.[HH].[HH].[HH].[HH]. The van der Waals surface area contributed by atoms with Crippen LogP contribution in [0.4, 0.5) is 10.8 Å². The van der Waals surface area contributed by atoms with E-state index in [1.165, 1.54) is 18.3 Å². The first-order valence-corrected chi connectivity index (χ1v) is 16.8. The third-order valence-corrected chi connectivity index (χ3v) is 8.40. The van der Waals surface area contributed by atoms with Crippen molar-refractivity contribution in [3.05, 3.63) is 99.2 Å². The van der Waals surface area contributed by atoms with Crippen molar-refractivity contribution in [2.24, 2.45) is 0 Å². The summed E-state index contributed by atoms with van der Waals surface area (Å²) < 4.78 is 5.29. The molecular formula is C34H50N6O5S2. The Morgan fingerprint density at radius 3 is 2.30 bits per heavy atom. The van der Waals surface area contributed by atoms with Crippen LogP contribution in [-0.2, 0) is 20.7 Å². The molecule has 3 amide bonds. The summed E-state index contributed by atoms with van der Waals surface area (Å²) in [7, 11) is 3.42. The lowest BCUT2D eigenvalue weighted by atomic mass is 10.0. The van der Waals surface area contributed by atoms with Crippen LogP contribution in [-0.4, -0.2) is 68.5 Å². The number of nitrogens with one attached hydrogen (secondary N) is 4. The van der Waals surface area contributed by atoms with Crippen LogP contribution in [0.2, 0.25) is 0 Å². The van der Waals surface area contributed by atoms with E-state index in [1.54, 1.807) is 55.1 Å². The number of thiazole rings is 1. The van der Waals surface area contributed by atoms with Gasteiger partial charge < -0.3 is 35.7 Å². The number of hydrogen-bond donors (Lipinski definition) is 4. The maximum atomic E-state index is 13.7. The Hall–Kier alpha value is -4.43. The lowest BCUT2D eigenvalue weighted by molar-refractivity contribution is -0.117. The number of methoxy groups -OCH3 is 1. The molecule has 0 aliphatic carbocycles. The Morgan fingerprint density at radius 1 is 1.02 bits per heavy atom. The van der Waals surface area contributed by atoms with Gasteiger partial charge in [-0.2, -0.15) is 11.3 Å². The van der Waals surface area contributed by atoms with Crippen LogP contribution in [0.25, 0.3) is 0 Å². The molecule has 0 aliphatic rings. The molecule has 2 aromatic heterocycles. The molecule has 4 N–H and O–H groups in total. The minimum Gasteiger partial charge on any atom is -0.364 e. The predicted molar refractivity (Wildman–Crippen MR) is 197 cm³/mol. The number of aromatic nitrogens is 1. The van der Waals surface area contributed by atoms with Gasteiger partial charge in [-0.05, 0) is 73.3 Å². The highest BCUT2D eigenvalue weighted by atomic mass is 32.1. The van der Waals surface area contributed by atoms with Crippen molar-refractivity contribution in [1.82, 2.24) is 20.9 Å². The van der Waals surface area contributed by atoms with E-state index in [1.807, 2.05) is 66.0 Å². The van der Waals surface area contributed by atoms with Crippen molar-refractivity contribution in [3.8, 4) is 0 Å². The molecule has 0 bridgehead atoms. The number of benzene rings is 2. The second-order valence-corrected chi connectivity index (χ2v) is 12.4. The van der Waals surface area contributed by atoms with Crippen molar-refractivity contribution in [3.63, 3.8) is 0 Å². The molecular weight excluding hydrogens is 637 g/mol. The van der Waals surface area contributed by atoms with Gasteiger partial charge in [-0.1, -0.05) is 30.3 Å². The van der Waals surface area contributed by atoms with E-state index in [2.05, 4.69) is 26.3 Å². The lowest BCUT2D eigenvalue weighted by Gasteiger charge is -2.23. The Bertz CT molecular complexity index is 1570. The van der Waals surface area contributed by atoms with Gasteiger partial charge in [0.2, 0.25) is 5.91 Å². The third kappa shape index (κ3) is 12.0. The van der Waals surface area contributed by atoms with Crippen LogP contribution in [0, 0.1) is 0 Å². The van der Waals surface area contributed by atoms with E-state index in [-0.39, 0.29) is 42.2 Å². The van der Waals surface area contributed by atoms with Gasteiger partial charge in [0.25, 0.3) is 11.8 Å². The summed E-state index contributed by atoms with van der Waals surface area (Å²) in [5.74, 6) is -0.834. The van der Waals surface area contributed by atoms with Crippen LogP contribution in [0.5, 0.6) is 0 Å². The van der Waals surface area contributed by atoms with Crippen molar-refractivity contribution in [2.75, 3.05) is 37.6 Å². The maximum absolute atomic E-state index is 13.7. The highest BCUT2D eigenvalue weighted by molar-refractivity contribution is 7.13. The molecule has 0 unspecified atom stereocenters. The molecule has 0 radical (unpaired) electrons. The second-order valence-electron chi connectivity index (χ2n) is 10.7. The lowest BCUT2D eigenvalue weighted by Crippen LogP contribution is -2.48. The number of thiophene rings is 1. The average Bonchev–Trinajstić information content (AvgIpc) is 3.79. The minimum atomic E-state index is -0.520. The molecule has 3 atom stereocenters. The number of aldehydes is 1. The smallest absolute Gasteiger partial charge is 0.251 e. The van der Waals surface area contributed by atoms with Gasteiger partial charge in [-0.3, -0.25) is 14.4 Å². The standard InChI is InChI=1S/C32H38N6O4S2.C2H4O.4H2/c1-21(24-8-6-5-7-9-24)35-30(40)25-15-26(17-28(16-25)38(3)20-42-4)31(41)36-27(14-23-10-12-43-19-23)18-34-22(2)29(39)37-32-33-11-13-44-32;1-2-3;;;;/h5-13,15-17,19,21-22,27,34H,14,18,20H2,1-4H3,(H,35,40)(H,36,41)(H,33,37,39);2H,1H3;4*1H/t21-,22+,27+;;;;;/m1...../s1. The Balaban J connectivity index is 0. The van der Waals surface area contributed by atoms with Gasteiger partial charge in [0.15, 0.2) is 5.13 Å². The summed E-state index contributed by atoms with van der Waals surface area (Å²) in [4.78, 5) is 54.5. The fraction of sp³-hybridized carbons (Fsp3) is 0.324. The number of ether oxygens (including phenoxy) is 1. The molecule has 0 aliphatic heterocycles. The van der Waals surface area contributed by atoms with Crippen molar-refractivity contribution < 1.29 is 29.6 Å². The van der Waals surface area contributed by atoms with Gasteiger partial charge in [0.05, 0.1) is 12.1 Å². The second kappa shape index (κ2) is 19.3. The van der Waals surface area contributed by atoms with Gasteiger partial charge in [-0.15, -0.1) is 11.3 Å². The predicted octanol–water partition coefficient (Wildman–Crippen LogP) is 5.88. The van der Waals surface area contributed by atoms with E-state index in [4.69, 9.17) is 9.53 Å². The summed E-state index contributed by atoms with van der Waals surface area (Å²) in [5, 5.41) is 18.5. The van der Waals surface area contributed by atoms with Crippen molar-refractivity contribution in [1.29, 1.82) is 0 Å². The first-order chi connectivity index (χ1) is 22.6. The Labute approximate surface area is 289 Å². The Morgan fingerprint density at radius 2 is 1.70 bits per heavy atom. The van der Waals surface area contributed by atoms with Crippen LogP contribution < -0.4 is 26.2 Å². The summed E-state index contributed by atoms with van der Waals surface area (Å²) in [6.07, 6.45) is 2.94. The normalized spacial score (nSPS) is 12.4. The molecule has 2 heterocycles. The monoisotopic (exact) mass is 686 g/mol. The zero-order valence-corrected chi connectivity index (χ0v) is 28.8. The first kappa shape index (κ1) is 37.0. The molecule has 4 aromatic rings. The van der Waals surface area contributed by atoms with Gasteiger partial charge in [0, 0.05) is 60.8 Å². The van der Waals surface area contributed by atoms with E-state index < -0.39 is 6.04 Å². The number of carbonyl (C=O) groups is 4. The van der Waals surface area contributed by atoms with Crippen LogP contribution in [0.3, 0.4) is 0 Å². The fourth-order valence-electron chi connectivity index (χ4n) is 4.51. The third-order valence-electron chi connectivity index (χ3n) is 6.98. The van der Waals surface area contributed by atoms with Gasteiger partial charge >= 0.3 is 0 Å². The fourth-order valence-corrected chi connectivity index (χ4v) is 5.73. The summed E-state index contributed by atoms with van der Waals surface area (Å²) in [6, 6.07) is 15.7. The highest BCUT2D eigenvalue weighted by Crippen LogP contribution is 2.21. The molecule has 2 aromatic carbocycles. The van der Waals surface area contributed by atoms with E-state index in [0.717, 1.165) is 17.4 Å². The molecule has 13 heteroatoms. The number of anilines is 2. The molecule has 0 saturated heterocycles. The van der Waals surface area contributed by atoms with E-state index in [9.17, 15) is 14.4 Å². The van der Waals surface area contributed by atoms with E-state index >= 15 is 0 Å². The van der Waals surface area contributed by atoms with Crippen LogP contribution in [0.1, 0.15) is 64.4 Å². The van der Waals surface area contributed by atoms with E-state index in [0.29, 0.717) is 34.9 Å². The van der Waals surface area contributed by atoms with Gasteiger partial charge in [0.1, 0.15) is 13.0 Å². The Kier molecular flexibility index (Phi) is 15.2. The molecule has 11 nitrogen and oxygen atoms in total. The molecule has 4 rings (SSSR count). The number of hydrogen-bond acceptors (Lipinski definition) is 10. The molecule has 47 heavy (non-hydrogen) atoms. The number of carbonyl (C=O) groups excluding carboxylic acids is 4. The number of amides is 3. The zero-order valence-electron chi connectivity index (χ0n) is 27.2. The highest BCUT2D eigenvalue weighted by Gasteiger charge is 2.21. The molecule has 0 spiro atoms. The number of rotatable bonds is 15. The average molecular weight is 687 g/mol.